The molecule has 0 rings (SSSR count). The molecule has 18 heavy (non-hydrogen) atoms. The molecule has 6 heteroatoms. The summed E-state index contributed by atoms with van der Waals surface area (Å²) < 4.78 is 0. The zero-order chi connectivity index (χ0) is 14.3. The molecule has 0 fully saturated rings. The van der Waals surface area contributed by atoms with E-state index >= 15 is 0 Å². The van der Waals surface area contributed by atoms with Crippen molar-refractivity contribution in [3.8, 4) is 12.3 Å². The molecule has 0 unspecified atom stereocenters. The van der Waals surface area contributed by atoms with Crippen molar-refractivity contribution in [3.05, 3.63) is 0 Å². The number of nitrogens with one attached hydrogen (secondary N) is 2. The fourth-order valence-electron chi connectivity index (χ4n) is 1.33. The average molecular weight is 254 g/mol. The Kier molecular flexibility index (Phi) is 6.50. The Morgan fingerprint density at radius 3 is 2.17 bits per heavy atom. The minimum atomic E-state index is -1.20. The normalized spacial score (nSPS) is 13.3. The summed E-state index contributed by atoms with van der Waals surface area (Å²) in [4.78, 5) is 33.7. The van der Waals surface area contributed by atoms with E-state index in [0.717, 1.165) is 0 Å². The van der Waals surface area contributed by atoms with Crippen LogP contribution in [0.2, 0.25) is 0 Å². The molecule has 0 spiro atoms. The number of terminal acetylenes is 1. The van der Waals surface area contributed by atoms with Crippen molar-refractivity contribution in [2.75, 3.05) is 0 Å². The zero-order valence-corrected chi connectivity index (χ0v) is 10.7. The Hall–Kier alpha value is -2.03. The van der Waals surface area contributed by atoms with Gasteiger partial charge in [-0.25, -0.2) is 4.79 Å². The predicted molar refractivity (Wildman–Crippen MR) is 65.5 cm³/mol. The lowest BCUT2D eigenvalue weighted by atomic mass is 10.0. The first-order chi connectivity index (χ1) is 8.29. The van der Waals surface area contributed by atoms with E-state index in [-0.39, 0.29) is 18.2 Å². The molecule has 0 heterocycles. The van der Waals surface area contributed by atoms with Gasteiger partial charge >= 0.3 is 5.97 Å². The highest BCUT2D eigenvalue weighted by Crippen LogP contribution is 2.03. The third kappa shape index (κ3) is 5.34. The number of carbonyl (C=O) groups is 3. The summed E-state index contributed by atoms with van der Waals surface area (Å²) in [5, 5.41) is 13.6. The van der Waals surface area contributed by atoms with Crippen molar-refractivity contribution >= 4 is 17.8 Å². The van der Waals surface area contributed by atoms with Crippen LogP contribution in [-0.2, 0) is 14.4 Å². The van der Waals surface area contributed by atoms with Crippen molar-refractivity contribution in [2.45, 2.75) is 39.3 Å². The molecule has 2 atom stereocenters. The monoisotopic (exact) mass is 254 g/mol. The Morgan fingerprint density at radius 2 is 1.83 bits per heavy atom. The molecule has 0 aromatic rings. The van der Waals surface area contributed by atoms with Crippen LogP contribution >= 0.6 is 0 Å². The topological polar surface area (TPSA) is 95.5 Å². The first kappa shape index (κ1) is 16.0. The van der Waals surface area contributed by atoms with Crippen LogP contribution in [0.15, 0.2) is 0 Å². The highest BCUT2D eigenvalue weighted by Gasteiger charge is 2.27. The van der Waals surface area contributed by atoms with E-state index in [1.807, 2.05) is 0 Å². The lowest BCUT2D eigenvalue weighted by Crippen LogP contribution is -2.53. The highest BCUT2D eigenvalue weighted by molar-refractivity contribution is 5.90. The Morgan fingerprint density at radius 1 is 1.28 bits per heavy atom. The summed E-state index contributed by atoms with van der Waals surface area (Å²) in [5.41, 5.74) is 0. The van der Waals surface area contributed by atoms with Crippen LogP contribution in [0.1, 0.15) is 27.2 Å². The molecule has 6 nitrogen and oxygen atoms in total. The van der Waals surface area contributed by atoms with Gasteiger partial charge in [0.05, 0.1) is 0 Å². The fourth-order valence-corrected chi connectivity index (χ4v) is 1.33. The molecule has 3 N–H and O–H groups in total. The van der Waals surface area contributed by atoms with E-state index in [1.54, 1.807) is 13.8 Å². The molecule has 0 radical (unpaired) electrons. The van der Waals surface area contributed by atoms with Crippen molar-refractivity contribution in [2.24, 2.45) is 5.92 Å². The van der Waals surface area contributed by atoms with Gasteiger partial charge in [0, 0.05) is 13.3 Å². The van der Waals surface area contributed by atoms with Crippen LogP contribution in [0.3, 0.4) is 0 Å². The number of hydrogen-bond acceptors (Lipinski definition) is 3. The van der Waals surface area contributed by atoms with Gasteiger partial charge in [-0.15, -0.1) is 12.3 Å². The zero-order valence-electron chi connectivity index (χ0n) is 10.7. The first-order valence-electron chi connectivity index (χ1n) is 5.53. The molecule has 0 bridgehead atoms. The third-order valence-electron chi connectivity index (χ3n) is 2.24. The summed E-state index contributed by atoms with van der Waals surface area (Å²) in [6.07, 6.45) is 4.92. The van der Waals surface area contributed by atoms with Gasteiger partial charge in [-0.3, -0.25) is 9.59 Å². The van der Waals surface area contributed by atoms with Crippen LogP contribution in [0, 0.1) is 18.3 Å². The summed E-state index contributed by atoms with van der Waals surface area (Å²) in [7, 11) is 0. The van der Waals surface area contributed by atoms with Crippen LogP contribution in [0.4, 0.5) is 0 Å². The van der Waals surface area contributed by atoms with Gasteiger partial charge in [0.15, 0.2) is 0 Å². The number of carboxylic acid groups (broad SMARTS) is 1. The lowest BCUT2D eigenvalue weighted by molar-refractivity contribution is -0.142. The van der Waals surface area contributed by atoms with E-state index in [2.05, 4.69) is 16.6 Å². The molecule has 0 saturated carbocycles. The number of rotatable bonds is 6. The molecule has 0 aliphatic rings. The van der Waals surface area contributed by atoms with Crippen molar-refractivity contribution in [3.63, 3.8) is 0 Å². The first-order valence-corrected chi connectivity index (χ1v) is 5.53. The summed E-state index contributed by atoms with van der Waals surface area (Å²) in [6, 6.07) is -1.92. The maximum absolute atomic E-state index is 11.9. The van der Waals surface area contributed by atoms with Gasteiger partial charge in [0.2, 0.25) is 11.8 Å². The van der Waals surface area contributed by atoms with Gasteiger partial charge in [-0.05, 0) is 5.92 Å². The van der Waals surface area contributed by atoms with Gasteiger partial charge in [0.25, 0.3) is 0 Å². The maximum atomic E-state index is 11.9. The second-order valence-corrected chi connectivity index (χ2v) is 4.23. The van der Waals surface area contributed by atoms with Crippen LogP contribution in [0.25, 0.3) is 0 Å². The number of hydrogen-bond donors (Lipinski definition) is 3. The van der Waals surface area contributed by atoms with E-state index in [0.29, 0.717) is 0 Å². The minimum Gasteiger partial charge on any atom is -0.480 e. The molecular formula is C12H18N2O4. The van der Waals surface area contributed by atoms with Crippen molar-refractivity contribution in [1.82, 2.24) is 10.6 Å². The van der Waals surface area contributed by atoms with Gasteiger partial charge < -0.3 is 15.7 Å². The van der Waals surface area contributed by atoms with Crippen LogP contribution in [0.5, 0.6) is 0 Å². The highest BCUT2D eigenvalue weighted by atomic mass is 16.4. The summed E-state index contributed by atoms with van der Waals surface area (Å²) in [5.74, 6) is -0.0868. The average Bonchev–Trinajstić information content (AvgIpc) is 2.24. The van der Waals surface area contributed by atoms with E-state index in [1.165, 1.54) is 6.92 Å². The van der Waals surface area contributed by atoms with E-state index < -0.39 is 24.0 Å². The van der Waals surface area contributed by atoms with Crippen molar-refractivity contribution < 1.29 is 19.5 Å². The van der Waals surface area contributed by atoms with Gasteiger partial charge in [-0.1, -0.05) is 13.8 Å². The van der Waals surface area contributed by atoms with Crippen LogP contribution in [-0.4, -0.2) is 35.0 Å². The molecule has 2 amide bonds. The SMILES string of the molecule is C#CC[C@H](NC(=O)[C@H](NC(C)=O)C(C)C)C(=O)O. The Bertz CT molecular complexity index is 371. The van der Waals surface area contributed by atoms with Gasteiger partial charge in [-0.2, -0.15) is 0 Å². The molecule has 0 saturated heterocycles. The van der Waals surface area contributed by atoms with Gasteiger partial charge in [0.1, 0.15) is 12.1 Å². The quantitative estimate of drug-likeness (QED) is 0.569. The summed E-state index contributed by atoms with van der Waals surface area (Å²) in [6.45, 7) is 4.78. The number of carboxylic acids is 1. The third-order valence-corrected chi connectivity index (χ3v) is 2.24. The number of amides is 2. The lowest BCUT2D eigenvalue weighted by Gasteiger charge is -2.22. The Labute approximate surface area is 106 Å². The maximum Gasteiger partial charge on any atom is 0.327 e. The molecular weight excluding hydrogens is 236 g/mol. The standard InChI is InChI=1S/C12H18N2O4/c1-5-6-9(12(17)18)14-11(16)10(7(2)3)13-8(4)15/h1,7,9-10H,6H2,2-4H3,(H,13,15)(H,14,16)(H,17,18)/t9-,10+/m0/s1. The smallest absolute Gasteiger partial charge is 0.327 e. The molecule has 0 aromatic carbocycles. The molecule has 0 aliphatic heterocycles. The van der Waals surface area contributed by atoms with E-state index in [4.69, 9.17) is 11.5 Å². The van der Waals surface area contributed by atoms with E-state index in [9.17, 15) is 14.4 Å². The second-order valence-electron chi connectivity index (χ2n) is 4.23. The molecule has 0 aromatic heterocycles. The molecule has 100 valence electrons. The minimum absolute atomic E-state index is 0.105. The predicted octanol–water partition coefficient (Wildman–Crippen LogP) is -0.260. The second kappa shape index (κ2) is 7.33. The van der Waals surface area contributed by atoms with Crippen molar-refractivity contribution in [1.29, 1.82) is 0 Å². The van der Waals surface area contributed by atoms with Crippen LogP contribution < -0.4 is 10.6 Å². The summed E-state index contributed by atoms with van der Waals surface area (Å²) >= 11 is 0. The number of aliphatic carboxylic acids is 1. The number of carbonyl (C=O) groups excluding carboxylic acids is 2. The fraction of sp³-hybridized carbons (Fsp3) is 0.583. The largest absolute Gasteiger partial charge is 0.480 e. The molecule has 0 aliphatic carbocycles. The Balaban J connectivity index is 4.72.